The van der Waals surface area contributed by atoms with Crippen molar-refractivity contribution < 1.29 is 41.8 Å². The zero-order valence-electron chi connectivity index (χ0n) is 44.2. The van der Waals surface area contributed by atoms with Gasteiger partial charge in [-0.1, -0.05) is 84.9 Å². The Morgan fingerprint density at radius 2 is 1.57 bits per heavy atom. The van der Waals surface area contributed by atoms with Gasteiger partial charge in [0.25, 0.3) is 5.91 Å². The number of carbonyl (C=O) groups excluding carboxylic acids is 4. The van der Waals surface area contributed by atoms with E-state index >= 15 is 0 Å². The van der Waals surface area contributed by atoms with Gasteiger partial charge in [0.2, 0.25) is 17.7 Å². The lowest BCUT2D eigenvalue weighted by Gasteiger charge is -2.63. The molecule has 0 spiro atoms. The van der Waals surface area contributed by atoms with Crippen LogP contribution in [-0.2, 0) is 31.7 Å². The monoisotopic (exact) mass is 1040 g/mol. The van der Waals surface area contributed by atoms with Crippen LogP contribution in [0.4, 0.5) is 13.2 Å². The number of nitrogens with one attached hydrogen (secondary N) is 3. The fourth-order valence-electron chi connectivity index (χ4n) is 11.2. The Morgan fingerprint density at radius 1 is 0.919 bits per heavy atom. The molecule has 7 rings (SSSR count). The highest BCUT2D eigenvalue weighted by atomic mass is 32.1. The van der Waals surface area contributed by atoms with Gasteiger partial charge in [-0.05, 0) is 85.7 Å². The minimum absolute atomic E-state index is 0.0110. The highest BCUT2D eigenvalue weighted by molar-refractivity contribution is 7.13. The second-order valence-electron chi connectivity index (χ2n) is 22.4. The zero-order valence-corrected chi connectivity index (χ0v) is 45.0. The first-order valence-corrected chi connectivity index (χ1v) is 26.3. The Bertz CT molecular complexity index is 2670. The smallest absolute Gasteiger partial charge is 0.417 e. The van der Waals surface area contributed by atoms with Crippen molar-refractivity contribution in [3.63, 3.8) is 0 Å². The molecule has 2 saturated heterocycles. The molecule has 1 unspecified atom stereocenters. The first-order chi connectivity index (χ1) is 34.8. The van der Waals surface area contributed by atoms with E-state index in [0.29, 0.717) is 25.1 Å². The number of halogens is 3. The summed E-state index contributed by atoms with van der Waals surface area (Å²) < 4.78 is 52.7. The minimum atomic E-state index is -4.71. The van der Waals surface area contributed by atoms with Gasteiger partial charge in [-0.15, -0.1) is 11.3 Å². The fraction of sp³-hybridized carbons (Fsp3) is 0.536. The van der Waals surface area contributed by atoms with E-state index in [1.165, 1.54) is 6.07 Å². The van der Waals surface area contributed by atoms with Crippen LogP contribution in [0.1, 0.15) is 113 Å². The standard InChI is InChI=1S/C56H71F3N8O6S/c1-34(37-17-19-38(20-18-37)46-35(2)61-33-74-46)62-49(70)44-29-42(72-10)31-67(44)50(71)47(53(3,4)5)63-45(68)32-66-26-24-65(25-27-66)23-11-12-36-13-15-39(16-14-36)48(69)64-51-54(6,7)52(55(51,8)9)73-41-22-21-40(30-60)43(28-41)56(57,58)59/h13-22,28,33-34,42,44,47,51-52H,11-12,23-27,29,31-32H2,1-10H3,(H,62,70)(H,63,68)(H,64,69)/t34-,42+,44-,47?,51?,52?/m0/s1. The molecule has 0 bridgehead atoms. The van der Waals surface area contributed by atoms with Crippen LogP contribution in [0.25, 0.3) is 10.4 Å². The predicted molar refractivity (Wildman–Crippen MR) is 278 cm³/mol. The maximum atomic E-state index is 14.4. The van der Waals surface area contributed by atoms with Gasteiger partial charge in [-0.25, -0.2) is 4.98 Å². The van der Waals surface area contributed by atoms with Gasteiger partial charge in [0, 0.05) is 68.7 Å². The molecular formula is C56H71F3N8O6S. The van der Waals surface area contributed by atoms with Crippen molar-refractivity contribution in [2.75, 3.05) is 52.9 Å². The summed E-state index contributed by atoms with van der Waals surface area (Å²) in [5.74, 6) is -1.07. The van der Waals surface area contributed by atoms with Gasteiger partial charge in [0.05, 0.1) is 52.0 Å². The second kappa shape index (κ2) is 22.5. The Hall–Kier alpha value is -5.87. The van der Waals surface area contributed by atoms with E-state index < -0.39 is 51.7 Å². The zero-order chi connectivity index (χ0) is 53.9. The molecule has 3 heterocycles. The number of methoxy groups -OCH3 is 1. The average molecular weight is 1040 g/mol. The molecule has 4 atom stereocenters. The topological polar surface area (TPSA) is 169 Å². The number of hydrogen-bond acceptors (Lipinski definition) is 11. The van der Waals surface area contributed by atoms with Crippen LogP contribution in [0.5, 0.6) is 5.75 Å². The molecule has 3 aliphatic rings. The van der Waals surface area contributed by atoms with Crippen LogP contribution >= 0.6 is 11.3 Å². The molecule has 398 valence electrons. The van der Waals surface area contributed by atoms with Crippen LogP contribution in [0, 0.1) is 34.5 Å². The fourth-order valence-corrected chi connectivity index (χ4v) is 12.0. The summed E-state index contributed by atoms with van der Waals surface area (Å²) in [7, 11) is 1.58. The molecule has 18 heteroatoms. The number of amides is 4. The molecule has 4 amide bonds. The number of piperazine rings is 1. The van der Waals surface area contributed by atoms with Crippen LogP contribution in [0.15, 0.2) is 72.2 Å². The summed E-state index contributed by atoms with van der Waals surface area (Å²) in [6, 6.07) is 18.2. The van der Waals surface area contributed by atoms with Crippen molar-refractivity contribution in [1.29, 1.82) is 5.26 Å². The van der Waals surface area contributed by atoms with E-state index in [1.54, 1.807) is 41.5 Å². The number of aromatic nitrogens is 1. The number of rotatable bonds is 17. The van der Waals surface area contributed by atoms with Gasteiger partial charge < -0.3 is 35.2 Å². The lowest BCUT2D eigenvalue weighted by molar-refractivity contribution is -0.164. The molecule has 3 aromatic carbocycles. The number of nitriles is 1. The Balaban J connectivity index is 0.844. The lowest BCUT2D eigenvalue weighted by Crippen LogP contribution is -2.74. The third-order valence-corrected chi connectivity index (χ3v) is 16.1. The largest absolute Gasteiger partial charge is 0.489 e. The van der Waals surface area contributed by atoms with Gasteiger partial charge in [0.15, 0.2) is 0 Å². The van der Waals surface area contributed by atoms with Gasteiger partial charge in [-0.3, -0.25) is 24.1 Å². The van der Waals surface area contributed by atoms with E-state index in [-0.39, 0.29) is 60.7 Å². The maximum absolute atomic E-state index is 14.4. The van der Waals surface area contributed by atoms with Crippen molar-refractivity contribution in [3.8, 4) is 22.3 Å². The Kier molecular flexibility index (Phi) is 17.0. The van der Waals surface area contributed by atoms with Gasteiger partial charge in [-0.2, -0.15) is 18.4 Å². The number of ether oxygens (including phenoxy) is 2. The average Bonchev–Trinajstić information content (AvgIpc) is 4.00. The third-order valence-electron chi connectivity index (χ3n) is 15.2. The molecule has 1 aliphatic carbocycles. The summed E-state index contributed by atoms with van der Waals surface area (Å²) in [5.41, 5.74) is 2.98. The van der Waals surface area contributed by atoms with E-state index in [9.17, 15) is 37.6 Å². The third kappa shape index (κ3) is 12.6. The van der Waals surface area contributed by atoms with Crippen molar-refractivity contribution >= 4 is 35.0 Å². The number of likely N-dealkylation sites (tertiary alicyclic amines) is 1. The highest BCUT2D eigenvalue weighted by Crippen LogP contribution is 2.56. The summed E-state index contributed by atoms with van der Waals surface area (Å²) in [4.78, 5) is 67.0. The van der Waals surface area contributed by atoms with Crippen molar-refractivity contribution in [2.45, 2.75) is 124 Å². The number of hydrogen-bond donors (Lipinski definition) is 3. The number of alkyl halides is 3. The molecule has 0 radical (unpaired) electrons. The van der Waals surface area contributed by atoms with E-state index in [1.807, 2.05) is 104 Å². The second-order valence-corrected chi connectivity index (χ2v) is 23.2. The molecule has 1 saturated carbocycles. The number of thiazole rings is 1. The molecule has 3 fully saturated rings. The Morgan fingerprint density at radius 3 is 2.15 bits per heavy atom. The van der Waals surface area contributed by atoms with Crippen LogP contribution < -0.4 is 20.7 Å². The predicted octanol–water partition coefficient (Wildman–Crippen LogP) is 8.20. The normalized spacial score (nSPS) is 21.7. The highest BCUT2D eigenvalue weighted by Gasteiger charge is 2.64. The lowest BCUT2D eigenvalue weighted by atomic mass is 9.49. The van der Waals surface area contributed by atoms with Crippen molar-refractivity contribution in [1.82, 2.24) is 35.6 Å². The summed E-state index contributed by atoms with van der Waals surface area (Å²) >= 11 is 1.58. The first kappa shape index (κ1) is 55.9. The van der Waals surface area contributed by atoms with Crippen LogP contribution in [-0.4, -0.2) is 127 Å². The van der Waals surface area contributed by atoms with Gasteiger partial charge >= 0.3 is 6.18 Å². The van der Waals surface area contributed by atoms with E-state index in [4.69, 9.17) is 9.47 Å². The Labute approximate surface area is 437 Å². The van der Waals surface area contributed by atoms with Crippen LogP contribution in [0.3, 0.4) is 0 Å². The van der Waals surface area contributed by atoms with Gasteiger partial charge in [0.1, 0.15) is 23.9 Å². The van der Waals surface area contributed by atoms with E-state index in [0.717, 1.165) is 71.9 Å². The molecule has 4 aromatic rings. The SMILES string of the molecule is CO[C@@H]1C[C@@H](C(=O)N[C@@H](C)c2ccc(-c3scnc3C)cc2)N(C(=O)C(NC(=O)CN2CCN(CCCc3ccc(C(=O)NC4C(C)(C)C(Oc5ccc(C#N)c(C(F)(F)F)c5)C4(C)C)cc3)CC2)C(C)(C)C)C1. The molecule has 74 heavy (non-hydrogen) atoms. The molecule has 2 aliphatic heterocycles. The molecule has 1 aromatic heterocycles. The maximum Gasteiger partial charge on any atom is 0.417 e. The van der Waals surface area contributed by atoms with Crippen molar-refractivity contribution in [2.24, 2.45) is 16.2 Å². The number of benzene rings is 3. The van der Waals surface area contributed by atoms with E-state index in [2.05, 4.69) is 30.7 Å². The summed E-state index contributed by atoms with van der Waals surface area (Å²) in [6.07, 6.45) is -3.50. The summed E-state index contributed by atoms with van der Waals surface area (Å²) in [5, 5.41) is 18.5. The first-order valence-electron chi connectivity index (χ1n) is 25.4. The number of aryl methyl sites for hydroxylation is 2. The molecule has 3 N–H and O–H groups in total. The van der Waals surface area contributed by atoms with Crippen LogP contribution in [0.2, 0.25) is 0 Å². The molecular weight excluding hydrogens is 970 g/mol. The quantitative estimate of drug-likeness (QED) is 0.0938. The summed E-state index contributed by atoms with van der Waals surface area (Å²) in [6.45, 7) is 21.5. The molecule has 14 nitrogen and oxygen atoms in total. The number of nitrogens with zero attached hydrogens (tertiary/aromatic N) is 5. The van der Waals surface area contributed by atoms with Crippen molar-refractivity contribution in [3.05, 3.63) is 106 Å². The number of carbonyl (C=O) groups is 4. The minimum Gasteiger partial charge on any atom is -0.489 e.